The molecule has 1 aromatic rings. The van der Waals surface area contributed by atoms with Gasteiger partial charge in [0.15, 0.2) is 0 Å². The van der Waals surface area contributed by atoms with Gasteiger partial charge in [0.2, 0.25) is 5.91 Å². The Morgan fingerprint density at radius 2 is 2.29 bits per heavy atom. The van der Waals surface area contributed by atoms with E-state index in [1.807, 2.05) is 0 Å². The van der Waals surface area contributed by atoms with E-state index in [2.05, 4.69) is 11.2 Å². The molecular weight excluding hydrogens is 214 g/mol. The van der Waals surface area contributed by atoms with Crippen LogP contribution in [-0.2, 0) is 4.79 Å². The molecule has 0 radical (unpaired) electrons. The monoisotopic (exact) mass is 229 g/mol. The van der Waals surface area contributed by atoms with Crippen LogP contribution in [0.4, 0.5) is 5.69 Å². The molecule has 2 rings (SSSR count). The fourth-order valence-corrected chi connectivity index (χ4v) is 2.17. The molecule has 1 amide bonds. The highest BCUT2D eigenvalue weighted by Gasteiger charge is 2.31. The van der Waals surface area contributed by atoms with E-state index in [0.717, 1.165) is 18.4 Å². The third kappa shape index (κ3) is 2.66. The Hall–Kier alpha value is -1.79. The van der Waals surface area contributed by atoms with E-state index < -0.39 is 6.10 Å². The number of nitrogens with one attached hydrogen (secondary N) is 1. The van der Waals surface area contributed by atoms with Gasteiger partial charge in [0.05, 0.1) is 12.0 Å². The molecule has 3 nitrogen and oxygen atoms in total. The van der Waals surface area contributed by atoms with Crippen LogP contribution in [0.2, 0.25) is 0 Å². The lowest BCUT2D eigenvalue weighted by Crippen LogP contribution is -2.28. The summed E-state index contributed by atoms with van der Waals surface area (Å²) in [7, 11) is 0. The number of benzene rings is 1. The van der Waals surface area contributed by atoms with Crippen molar-refractivity contribution < 1.29 is 9.90 Å². The van der Waals surface area contributed by atoms with Gasteiger partial charge in [-0.05, 0) is 37.5 Å². The minimum atomic E-state index is -0.509. The summed E-state index contributed by atoms with van der Waals surface area (Å²) in [5.74, 6) is 2.11. The van der Waals surface area contributed by atoms with Crippen molar-refractivity contribution in [3.05, 3.63) is 29.8 Å². The zero-order valence-electron chi connectivity index (χ0n) is 9.52. The van der Waals surface area contributed by atoms with Crippen LogP contribution in [0.25, 0.3) is 0 Å². The van der Waals surface area contributed by atoms with Crippen LogP contribution in [0.15, 0.2) is 24.3 Å². The van der Waals surface area contributed by atoms with Crippen LogP contribution >= 0.6 is 0 Å². The van der Waals surface area contributed by atoms with E-state index >= 15 is 0 Å². The average Bonchev–Trinajstić information content (AvgIpc) is 2.76. The quantitative estimate of drug-likeness (QED) is 0.759. The summed E-state index contributed by atoms with van der Waals surface area (Å²) in [6, 6.07) is 7.15. The number of anilines is 1. The molecule has 1 fully saturated rings. The Bertz CT molecular complexity index is 462. The van der Waals surface area contributed by atoms with Crippen molar-refractivity contribution in [2.45, 2.75) is 25.4 Å². The van der Waals surface area contributed by atoms with Crippen LogP contribution in [0.3, 0.4) is 0 Å². The molecular formula is C14H15NO2. The molecule has 0 aromatic heterocycles. The first-order valence-corrected chi connectivity index (χ1v) is 5.76. The smallest absolute Gasteiger partial charge is 0.230 e. The second-order valence-corrected chi connectivity index (χ2v) is 4.32. The van der Waals surface area contributed by atoms with Crippen LogP contribution in [0, 0.1) is 18.3 Å². The number of aliphatic hydroxyl groups is 1. The molecule has 3 heteroatoms. The summed E-state index contributed by atoms with van der Waals surface area (Å²) in [4.78, 5) is 11.9. The zero-order chi connectivity index (χ0) is 12.3. The molecule has 0 spiro atoms. The third-order valence-corrected chi connectivity index (χ3v) is 3.11. The second kappa shape index (κ2) is 5.03. The summed E-state index contributed by atoms with van der Waals surface area (Å²) in [5, 5.41) is 12.4. The van der Waals surface area contributed by atoms with E-state index in [1.165, 1.54) is 0 Å². The Morgan fingerprint density at radius 3 is 2.94 bits per heavy atom. The maximum absolute atomic E-state index is 11.9. The molecule has 2 atom stereocenters. The molecule has 0 bridgehead atoms. The van der Waals surface area contributed by atoms with E-state index in [1.54, 1.807) is 24.3 Å². The van der Waals surface area contributed by atoms with Crippen molar-refractivity contribution >= 4 is 11.6 Å². The molecule has 1 aliphatic rings. The van der Waals surface area contributed by atoms with Gasteiger partial charge in [0.1, 0.15) is 0 Å². The van der Waals surface area contributed by atoms with Crippen molar-refractivity contribution in [3.63, 3.8) is 0 Å². The molecule has 0 aliphatic heterocycles. The van der Waals surface area contributed by atoms with Crippen molar-refractivity contribution in [2.75, 3.05) is 5.32 Å². The molecule has 1 saturated carbocycles. The molecule has 2 N–H and O–H groups in total. The highest BCUT2D eigenvalue weighted by atomic mass is 16.3. The van der Waals surface area contributed by atoms with Crippen LogP contribution in [0.5, 0.6) is 0 Å². The summed E-state index contributed by atoms with van der Waals surface area (Å²) in [6.45, 7) is 0. The molecule has 17 heavy (non-hydrogen) atoms. The van der Waals surface area contributed by atoms with Crippen LogP contribution in [0.1, 0.15) is 24.8 Å². The van der Waals surface area contributed by atoms with Gasteiger partial charge in [-0.3, -0.25) is 4.79 Å². The number of carbonyl (C=O) groups is 1. The number of hydrogen-bond donors (Lipinski definition) is 2. The minimum absolute atomic E-state index is 0.121. The van der Waals surface area contributed by atoms with E-state index in [4.69, 9.17) is 6.42 Å². The molecule has 88 valence electrons. The molecule has 1 aliphatic carbocycles. The normalized spacial score (nSPS) is 23.1. The third-order valence-electron chi connectivity index (χ3n) is 3.11. The predicted molar refractivity (Wildman–Crippen MR) is 66.4 cm³/mol. The Balaban J connectivity index is 2.05. The van der Waals surface area contributed by atoms with Gasteiger partial charge in [-0.15, -0.1) is 6.42 Å². The van der Waals surface area contributed by atoms with Crippen molar-refractivity contribution in [3.8, 4) is 12.3 Å². The second-order valence-electron chi connectivity index (χ2n) is 4.32. The van der Waals surface area contributed by atoms with Gasteiger partial charge < -0.3 is 10.4 Å². The van der Waals surface area contributed by atoms with E-state index in [-0.39, 0.29) is 11.8 Å². The largest absolute Gasteiger partial charge is 0.392 e. The number of carbonyl (C=O) groups excluding carboxylic acids is 1. The van der Waals surface area contributed by atoms with Gasteiger partial charge in [0, 0.05) is 11.3 Å². The lowest BCUT2D eigenvalue weighted by atomic mass is 10.1. The summed E-state index contributed by atoms with van der Waals surface area (Å²) < 4.78 is 0. The van der Waals surface area contributed by atoms with Crippen molar-refractivity contribution in [2.24, 2.45) is 5.92 Å². The molecule has 1 aromatic carbocycles. The zero-order valence-corrected chi connectivity index (χ0v) is 9.52. The summed E-state index contributed by atoms with van der Waals surface area (Å²) in [6.07, 6.45) is 7.15. The highest BCUT2D eigenvalue weighted by molar-refractivity contribution is 5.93. The Labute approximate surface area is 101 Å². The van der Waals surface area contributed by atoms with E-state index in [9.17, 15) is 9.90 Å². The summed E-state index contributed by atoms with van der Waals surface area (Å²) in [5.41, 5.74) is 1.42. The lowest BCUT2D eigenvalue weighted by molar-refractivity contribution is -0.122. The lowest BCUT2D eigenvalue weighted by Gasteiger charge is -2.14. The first-order chi connectivity index (χ1) is 8.20. The van der Waals surface area contributed by atoms with Crippen molar-refractivity contribution in [1.82, 2.24) is 0 Å². The van der Waals surface area contributed by atoms with E-state index in [0.29, 0.717) is 12.1 Å². The molecule has 0 saturated heterocycles. The number of rotatable bonds is 2. The summed E-state index contributed by atoms with van der Waals surface area (Å²) >= 11 is 0. The maximum atomic E-state index is 11.9. The number of amides is 1. The average molecular weight is 229 g/mol. The number of hydrogen-bond acceptors (Lipinski definition) is 2. The molecule has 2 unspecified atom stereocenters. The van der Waals surface area contributed by atoms with Gasteiger partial charge in [-0.1, -0.05) is 12.0 Å². The highest BCUT2D eigenvalue weighted by Crippen LogP contribution is 2.26. The topological polar surface area (TPSA) is 49.3 Å². The van der Waals surface area contributed by atoms with Gasteiger partial charge in [0.25, 0.3) is 0 Å². The fraction of sp³-hybridized carbons (Fsp3) is 0.357. The van der Waals surface area contributed by atoms with Crippen LogP contribution < -0.4 is 5.32 Å². The maximum Gasteiger partial charge on any atom is 0.230 e. The standard InChI is InChI=1S/C14H15NO2/c1-2-10-5-3-6-11(9-10)15-14(17)12-7-4-8-13(12)16/h1,3,5-6,9,12-13,16H,4,7-8H2,(H,15,17). The minimum Gasteiger partial charge on any atom is -0.392 e. The number of terminal acetylenes is 1. The predicted octanol–water partition coefficient (Wildman–Crippen LogP) is 1.77. The Morgan fingerprint density at radius 1 is 1.47 bits per heavy atom. The molecule has 0 heterocycles. The Kier molecular flexibility index (Phi) is 3.46. The first-order valence-electron chi connectivity index (χ1n) is 5.76. The first kappa shape index (κ1) is 11.7. The SMILES string of the molecule is C#Cc1cccc(NC(=O)C2CCCC2O)c1. The van der Waals surface area contributed by atoms with Crippen LogP contribution in [-0.4, -0.2) is 17.1 Å². The fourth-order valence-electron chi connectivity index (χ4n) is 2.17. The number of aliphatic hydroxyl groups excluding tert-OH is 1. The van der Waals surface area contributed by atoms with Gasteiger partial charge in [-0.25, -0.2) is 0 Å². The van der Waals surface area contributed by atoms with Crippen molar-refractivity contribution in [1.29, 1.82) is 0 Å². The van der Waals surface area contributed by atoms with Gasteiger partial charge in [-0.2, -0.15) is 0 Å². The van der Waals surface area contributed by atoms with Gasteiger partial charge >= 0.3 is 0 Å².